The van der Waals surface area contributed by atoms with Gasteiger partial charge in [0.1, 0.15) is 5.65 Å². The summed E-state index contributed by atoms with van der Waals surface area (Å²) in [6.45, 7) is 6.09. The number of pyridine rings is 1. The van der Waals surface area contributed by atoms with Crippen LogP contribution in [-0.2, 0) is 11.3 Å². The van der Waals surface area contributed by atoms with Crippen LogP contribution in [-0.4, -0.2) is 65.1 Å². The molecule has 5 heteroatoms. The Bertz CT molecular complexity index is 651. The van der Waals surface area contributed by atoms with Crippen molar-refractivity contribution in [2.75, 3.05) is 39.8 Å². The Balaban J connectivity index is 1.36. The Morgan fingerprint density at radius 3 is 3.09 bits per heavy atom. The van der Waals surface area contributed by atoms with Crippen LogP contribution in [0.2, 0.25) is 0 Å². The summed E-state index contributed by atoms with van der Waals surface area (Å²) in [5, 5.41) is 0. The van der Waals surface area contributed by atoms with Crippen molar-refractivity contribution in [2.24, 2.45) is 5.92 Å². The molecular formula is C18H26N4O. The van der Waals surface area contributed by atoms with E-state index in [-0.39, 0.29) is 0 Å². The Labute approximate surface area is 137 Å². The minimum absolute atomic E-state index is 0.328. The number of hydrogen-bond acceptors (Lipinski definition) is 4. The molecule has 2 aliphatic rings. The standard InChI is InChI=1S/C18H26N4O/c1-20(11-15-5-6-15)13-17-14-21(9-10-23-17)12-16-3-2-4-18-19-7-8-22(16)18/h2-4,7-8,15,17H,5-6,9-14H2,1H3. The number of nitrogens with zero attached hydrogens (tertiary/aromatic N) is 4. The van der Waals surface area contributed by atoms with Gasteiger partial charge in [-0.3, -0.25) is 4.90 Å². The zero-order valence-corrected chi connectivity index (χ0v) is 13.9. The molecule has 4 rings (SSSR count). The van der Waals surface area contributed by atoms with Gasteiger partial charge in [-0.2, -0.15) is 0 Å². The summed E-state index contributed by atoms with van der Waals surface area (Å²) in [5.41, 5.74) is 2.32. The van der Waals surface area contributed by atoms with E-state index >= 15 is 0 Å². The molecule has 0 aromatic carbocycles. The van der Waals surface area contributed by atoms with Gasteiger partial charge in [0.05, 0.1) is 12.7 Å². The largest absolute Gasteiger partial charge is 0.374 e. The van der Waals surface area contributed by atoms with Crippen LogP contribution in [0, 0.1) is 5.92 Å². The van der Waals surface area contributed by atoms with Gasteiger partial charge in [0.25, 0.3) is 0 Å². The van der Waals surface area contributed by atoms with Gasteiger partial charge in [-0.15, -0.1) is 0 Å². The van der Waals surface area contributed by atoms with Crippen molar-refractivity contribution >= 4 is 5.65 Å². The number of likely N-dealkylation sites (N-methyl/N-ethyl adjacent to an activating group) is 1. The molecule has 0 radical (unpaired) electrons. The molecule has 3 heterocycles. The van der Waals surface area contributed by atoms with Gasteiger partial charge in [-0.25, -0.2) is 4.98 Å². The van der Waals surface area contributed by atoms with E-state index in [1.807, 2.05) is 12.4 Å². The second-order valence-electron chi connectivity index (χ2n) is 7.07. The molecule has 1 atom stereocenters. The van der Waals surface area contributed by atoms with Gasteiger partial charge in [0.2, 0.25) is 0 Å². The van der Waals surface area contributed by atoms with Crippen LogP contribution in [0.1, 0.15) is 18.5 Å². The molecule has 5 nitrogen and oxygen atoms in total. The van der Waals surface area contributed by atoms with Crippen molar-refractivity contribution in [1.29, 1.82) is 0 Å². The topological polar surface area (TPSA) is 33.0 Å². The molecular weight excluding hydrogens is 288 g/mol. The van der Waals surface area contributed by atoms with E-state index in [1.54, 1.807) is 0 Å². The summed E-state index contributed by atoms with van der Waals surface area (Å²) in [7, 11) is 2.23. The Kier molecular flexibility index (Phi) is 4.33. The maximum absolute atomic E-state index is 5.99. The van der Waals surface area contributed by atoms with E-state index in [9.17, 15) is 0 Å². The second-order valence-corrected chi connectivity index (χ2v) is 7.07. The van der Waals surface area contributed by atoms with Gasteiger partial charge in [-0.05, 0) is 37.9 Å². The number of rotatable bonds is 6. The predicted octanol–water partition coefficient (Wildman–Crippen LogP) is 1.88. The molecule has 1 saturated carbocycles. The average molecular weight is 314 g/mol. The number of imidazole rings is 1. The summed E-state index contributed by atoms with van der Waals surface area (Å²) in [6.07, 6.45) is 7.07. The molecule has 23 heavy (non-hydrogen) atoms. The molecule has 0 bridgehead atoms. The van der Waals surface area contributed by atoms with Crippen molar-refractivity contribution in [2.45, 2.75) is 25.5 Å². The van der Waals surface area contributed by atoms with E-state index in [0.717, 1.165) is 44.4 Å². The molecule has 2 aromatic heterocycles. The second kappa shape index (κ2) is 6.59. The number of ether oxygens (including phenoxy) is 1. The molecule has 1 aliphatic heterocycles. The SMILES string of the molecule is CN(CC1CC1)CC1CN(Cc2cccc3nccn23)CCO1. The number of aromatic nitrogens is 2. The highest BCUT2D eigenvalue weighted by molar-refractivity contribution is 5.39. The van der Waals surface area contributed by atoms with Crippen molar-refractivity contribution in [1.82, 2.24) is 19.2 Å². The fraction of sp³-hybridized carbons (Fsp3) is 0.611. The van der Waals surface area contributed by atoms with Gasteiger partial charge >= 0.3 is 0 Å². The number of fused-ring (bicyclic) bond motifs is 1. The quantitative estimate of drug-likeness (QED) is 0.815. The fourth-order valence-corrected chi connectivity index (χ4v) is 3.56. The van der Waals surface area contributed by atoms with Crippen molar-refractivity contribution in [3.63, 3.8) is 0 Å². The summed E-state index contributed by atoms with van der Waals surface area (Å²) in [5.74, 6) is 0.943. The minimum atomic E-state index is 0.328. The summed E-state index contributed by atoms with van der Waals surface area (Å²) in [4.78, 5) is 9.33. The van der Waals surface area contributed by atoms with E-state index in [2.05, 4.69) is 44.4 Å². The first-order chi connectivity index (χ1) is 11.3. The van der Waals surface area contributed by atoms with Gasteiger partial charge in [0.15, 0.2) is 0 Å². The highest BCUT2D eigenvalue weighted by Gasteiger charge is 2.26. The van der Waals surface area contributed by atoms with E-state index in [4.69, 9.17) is 4.74 Å². The van der Waals surface area contributed by atoms with Crippen molar-refractivity contribution < 1.29 is 4.74 Å². The van der Waals surface area contributed by atoms with Crippen LogP contribution in [0.25, 0.3) is 5.65 Å². The third-order valence-electron chi connectivity index (χ3n) is 4.90. The molecule has 0 spiro atoms. The minimum Gasteiger partial charge on any atom is -0.374 e. The Hall–Kier alpha value is -1.43. The third-order valence-corrected chi connectivity index (χ3v) is 4.90. The molecule has 2 aromatic rings. The number of morpholine rings is 1. The van der Waals surface area contributed by atoms with Crippen LogP contribution in [0.15, 0.2) is 30.6 Å². The summed E-state index contributed by atoms with van der Waals surface area (Å²) < 4.78 is 8.17. The van der Waals surface area contributed by atoms with Crippen LogP contribution in [0.4, 0.5) is 0 Å². The smallest absolute Gasteiger partial charge is 0.136 e. The normalized spacial score (nSPS) is 23.0. The monoisotopic (exact) mass is 314 g/mol. The fourth-order valence-electron chi connectivity index (χ4n) is 3.56. The van der Waals surface area contributed by atoms with E-state index < -0.39 is 0 Å². The zero-order chi connectivity index (χ0) is 15.6. The summed E-state index contributed by atoms with van der Waals surface area (Å²) >= 11 is 0. The first kappa shape index (κ1) is 15.1. The zero-order valence-electron chi connectivity index (χ0n) is 13.9. The van der Waals surface area contributed by atoms with Gasteiger partial charge in [0, 0.05) is 50.8 Å². The van der Waals surface area contributed by atoms with Crippen LogP contribution >= 0.6 is 0 Å². The lowest BCUT2D eigenvalue weighted by Gasteiger charge is -2.35. The van der Waals surface area contributed by atoms with E-state index in [0.29, 0.717) is 6.10 Å². The highest BCUT2D eigenvalue weighted by atomic mass is 16.5. The van der Waals surface area contributed by atoms with Gasteiger partial charge in [-0.1, -0.05) is 6.07 Å². The van der Waals surface area contributed by atoms with Crippen molar-refractivity contribution in [3.8, 4) is 0 Å². The van der Waals surface area contributed by atoms with Crippen molar-refractivity contribution in [3.05, 3.63) is 36.3 Å². The molecule has 1 saturated heterocycles. The molecule has 0 N–H and O–H groups in total. The van der Waals surface area contributed by atoms with Crippen LogP contribution < -0.4 is 0 Å². The molecule has 1 unspecified atom stereocenters. The average Bonchev–Trinajstić information content (AvgIpc) is 3.21. The van der Waals surface area contributed by atoms with E-state index in [1.165, 1.54) is 25.1 Å². The lowest BCUT2D eigenvalue weighted by Crippen LogP contribution is -2.47. The lowest BCUT2D eigenvalue weighted by molar-refractivity contribution is -0.0438. The Morgan fingerprint density at radius 1 is 1.30 bits per heavy atom. The molecule has 2 fully saturated rings. The Morgan fingerprint density at radius 2 is 2.22 bits per heavy atom. The maximum atomic E-state index is 5.99. The maximum Gasteiger partial charge on any atom is 0.136 e. The van der Waals surface area contributed by atoms with Crippen LogP contribution in [0.3, 0.4) is 0 Å². The summed E-state index contributed by atoms with van der Waals surface area (Å²) in [6, 6.07) is 6.34. The third kappa shape index (κ3) is 3.74. The number of hydrogen-bond donors (Lipinski definition) is 0. The molecule has 124 valence electrons. The first-order valence-electron chi connectivity index (χ1n) is 8.71. The molecule has 1 aliphatic carbocycles. The van der Waals surface area contributed by atoms with Gasteiger partial charge < -0.3 is 14.0 Å². The predicted molar refractivity (Wildman–Crippen MR) is 90.4 cm³/mol. The molecule has 0 amide bonds. The van der Waals surface area contributed by atoms with Crippen LogP contribution in [0.5, 0.6) is 0 Å². The first-order valence-corrected chi connectivity index (χ1v) is 8.71. The lowest BCUT2D eigenvalue weighted by atomic mass is 10.2. The highest BCUT2D eigenvalue weighted by Crippen LogP contribution is 2.29.